The molecule has 6 heteroatoms. The first-order chi connectivity index (χ1) is 13.7. The van der Waals surface area contributed by atoms with Gasteiger partial charge in [-0.2, -0.15) is 0 Å². The number of rotatable bonds is 4. The van der Waals surface area contributed by atoms with Crippen LogP contribution in [-0.2, 0) is 4.74 Å². The Morgan fingerprint density at radius 1 is 1.07 bits per heavy atom. The molecular formula is C23H22F2N2O2. The fourth-order valence-corrected chi connectivity index (χ4v) is 3.74. The quantitative estimate of drug-likeness (QED) is 0.601. The Morgan fingerprint density at radius 3 is 2.59 bits per heavy atom. The average molecular weight is 396 g/mol. The van der Waals surface area contributed by atoms with Crippen molar-refractivity contribution in [3.05, 3.63) is 71.9 Å². The molecule has 1 aliphatic heterocycles. The van der Waals surface area contributed by atoms with E-state index < -0.39 is 11.1 Å². The third-order valence-electron chi connectivity index (χ3n) is 4.82. The molecule has 0 saturated heterocycles. The summed E-state index contributed by atoms with van der Waals surface area (Å²) in [4.78, 5) is 9.05. The summed E-state index contributed by atoms with van der Waals surface area (Å²) < 4.78 is 39.0. The number of pyridine rings is 1. The van der Waals surface area contributed by atoms with E-state index in [9.17, 15) is 8.78 Å². The van der Waals surface area contributed by atoms with Gasteiger partial charge in [0.05, 0.1) is 11.1 Å². The van der Waals surface area contributed by atoms with Crippen molar-refractivity contribution in [1.82, 2.24) is 4.98 Å². The number of benzene rings is 2. The van der Waals surface area contributed by atoms with Crippen molar-refractivity contribution < 1.29 is 18.3 Å². The molecule has 1 unspecified atom stereocenters. The van der Waals surface area contributed by atoms with Gasteiger partial charge in [0, 0.05) is 18.0 Å². The second-order valence-electron chi connectivity index (χ2n) is 8.23. The first-order valence-corrected chi connectivity index (χ1v) is 9.45. The van der Waals surface area contributed by atoms with E-state index in [-0.39, 0.29) is 11.6 Å². The van der Waals surface area contributed by atoms with Crippen LogP contribution in [0.1, 0.15) is 32.8 Å². The Labute approximate surface area is 168 Å². The SMILES string of the molecule is CC1(COc2ccc(F)cc2)CC(C)(C)OC(c2cnc3c(F)cccc3c2)=N1. The summed E-state index contributed by atoms with van der Waals surface area (Å²) in [5.41, 5.74) is -0.0322. The van der Waals surface area contributed by atoms with E-state index in [2.05, 4.69) is 4.98 Å². The summed E-state index contributed by atoms with van der Waals surface area (Å²) in [7, 11) is 0. The highest BCUT2D eigenvalue weighted by atomic mass is 19.1. The van der Waals surface area contributed by atoms with E-state index >= 15 is 0 Å². The van der Waals surface area contributed by atoms with Crippen LogP contribution in [-0.4, -0.2) is 28.6 Å². The van der Waals surface area contributed by atoms with Gasteiger partial charge in [0.15, 0.2) is 0 Å². The number of hydrogen-bond acceptors (Lipinski definition) is 4. The maximum atomic E-state index is 13.9. The van der Waals surface area contributed by atoms with Crippen molar-refractivity contribution in [3.63, 3.8) is 0 Å². The maximum Gasteiger partial charge on any atom is 0.218 e. The van der Waals surface area contributed by atoms with E-state index in [1.54, 1.807) is 30.5 Å². The van der Waals surface area contributed by atoms with Gasteiger partial charge in [-0.15, -0.1) is 0 Å². The molecule has 2 heterocycles. The largest absolute Gasteiger partial charge is 0.491 e. The average Bonchev–Trinajstić information content (AvgIpc) is 2.66. The Kier molecular flexibility index (Phi) is 4.73. The zero-order valence-corrected chi connectivity index (χ0v) is 16.6. The number of para-hydroxylation sites is 1. The predicted octanol–water partition coefficient (Wildman–Crippen LogP) is 5.30. The topological polar surface area (TPSA) is 43.7 Å². The minimum Gasteiger partial charge on any atom is -0.491 e. The minimum atomic E-state index is -0.553. The zero-order valence-electron chi connectivity index (χ0n) is 16.6. The van der Waals surface area contributed by atoms with Gasteiger partial charge in [0.2, 0.25) is 5.90 Å². The Hall–Kier alpha value is -3.02. The molecule has 0 fully saturated rings. The van der Waals surface area contributed by atoms with Crippen molar-refractivity contribution >= 4 is 16.8 Å². The Morgan fingerprint density at radius 2 is 1.83 bits per heavy atom. The Bertz CT molecular complexity index is 1080. The zero-order chi connectivity index (χ0) is 20.6. The monoisotopic (exact) mass is 396 g/mol. The number of aromatic nitrogens is 1. The predicted molar refractivity (Wildman–Crippen MR) is 108 cm³/mol. The summed E-state index contributed by atoms with van der Waals surface area (Å²) in [6.45, 7) is 6.29. The van der Waals surface area contributed by atoms with Gasteiger partial charge in [0.1, 0.15) is 35.1 Å². The highest BCUT2D eigenvalue weighted by Gasteiger charge is 2.40. The van der Waals surface area contributed by atoms with Crippen molar-refractivity contribution in [2.75, 3.05) is 6.61 Å². The molecule has 0 radical (unpaired) electrons. The van der Waals surface area contributed by atoms with Gasteiger partial charge < -0.3 is 9.47 Å². The highest BCUT2D eigenvalue weighted by Crippen LogP contribution is 2.34. The fourth-order valence-electron chi connectivity index (χ4n) is 3.74. The lowest BCUT2D eigenvalue weighted by atomic mass is 9.87. The number of aliphatic imine (C=N–C) groups is 1. The van der Waals surface area contributed by atoms with E-state index in [0.717, 1.165) is 0 Å². The molecule has 29 heavy (non-hydrogen) atoms. The summed E-state index contributed by atoms with van der Waals surface area (Å²) in [5.74, 6) is 0.358. The molecule has 0 aliphatic carbocycles. The molecule has 0 saturated carbocycles. The molecule has 4 nitrogen and oxygen atoms in total. The van der Waals surface area contributed by atoms with Gasteiger partial charge in [0.25, 0.3) is 0 Å². The van der Waals surface area contributed by atoms with Crippen LogP contribution in [0.3, 0.4) is 0 Å². The van der Waals surface area contributed by atoms with Crippen LogP contribution in [0.25, 0.3) is 10.9 Å². The van der Waals surface area contributed by atoms with Gasteiger partial charge >= 0.3 is 0 Å². The van der Waals surface area contributed by atoms with E-state index in [1.807, 2.05) is 26.8 Å². The van der Waals surface area contributed by atoms with Crippen LogP contribution in [0.15, 0.2) is 59.7 Å². The van der Waals surface area contributed by atoms with Crippen LogP contribution in [0, 0.1) is 11.6 Å². The molecule has 0 amide bonds. The number of nitrogens with zero attached hydrogens (tertiary/aromatic N) is 2. The minimum absolute atomic E-state index is 0.309. The summed E-state index contributed by atoms with van der Waals surface area (Å²) in [5, 5.41) is 0.682. The van der Waals surface area contributed by atoms with Gasteiger partial charge in [-0.1, -0.05) is 12.1 Å². The normalized spacial score (nSPS) is 20.8. The van der Waals surface area contributed by atoms with Crippen molar-refractivity contribution in [2.24, 2.45) is 4.99 Å². The van der Waals surface area contributed by atoms with Gasteiger partial charge in [-0.05, 0) is 57.2 Å². The molecule has 0 spiro atoms. The molecule has 150 valence electrons. The molecule has 0 N–H and O–H groups in total. The number of fused-ring (bicyclic) bond motifs is 1. The number of halogens is 2. The van der Waals surface area contributed by atoms with Crippen molar-refractivity contribution in [2.45, 2.75) is 38.3 Å². The van der Waals surface area contributed by atoms with E-state index in [1.165, 1.54) is 18.2 Å². The second-order valence-corrected chi connectivity index (χ2v) is 8.23. The lowest BCUT2D eigenvalue weighted by Crippen LogP contribution is -2.46. The molecule has 0 bridgehead atoms. The standard InChI is InChI=1S/C23H22F2N2O2/c1-22(2)13-23(3,14-28-18-9-7-17(24)8-10-18)27-21(29-22)16-11-15-5-4-6-19(25)20(15)26-12-16/h4-12H,13-14H2,1-3H3. The third-order valence-corrected chi connectivity index (χ3v) is 4.82. The molecule has 1 atom stereocenters. The third kappa shape index (κ3) is 4.21. The molecule has 1 aliphatic rings. The molecular weight excluding hydrogens is 374 g/mol. The van der Waals surface area contributed by atoms with Gasteiger partial charge in [-0.25, -0.2) is 13.8 Å². The maximum absolute atomic E-state index is 13.9. The molecule has 3 aromatic rings. The summed E-state index contributed by atoms with van der Waals surface area (Å²) in [6, 6.07) is 12.6. The molecule has 4 rings (SSSR count). The lowest BCUT2D eigenvalue weighted by Gasteiger charge is -2.40. The number of ether oxygens (including phenoxy) is 2. The van der Waals surface area contributed by atoms with Gasteiger partial charge in [-0.3, -0.25) is 4.98 Å². The summed E-state index contributed by atoms with van der Waals surface area (Å²) in [6.07, 6.45) is 2.22. The van der Waals surface area contributed by atoms with Crippen LogP contribution in [0.2, 0.25) is 0 Å². The van der Waals surface area contributed by atoms with Crippen molar-refractivity contribution in [3.8, 4) is 5.75 Å². The molecule has 2 aromatic carbocycles. The van der Waals surface area contributed by atoms with E-state index in [0.29, 0.717) is 41.1 Å². The van der Waals surface area contributed by atoms with Crippen LogP contribution < -0.4 is 4.74 Å². The molecule has 1 aromatic heterocycles. The summed E-state index contributed by atoms with van der Waals surface area (Å²) >= 11 is 0. The van der Waals surface area contributed by atoms with Crippen LogP contribution in [0.4, 0.5) is 8.78 Å². The van der Waals surface area contributed by atoms with Crippen LogP contribution >= 0.6 is 0 Å². The van der Waals surface area contributed by atoms with Crippen molar-refractivity contribution in [1.29, 1.82) is 0 Å². The van der Waals surface area contributed by atoms with Crippen LogP contribution in [0.5, 0.6) is 5.75 Å². The first-order valence-electron chi connectivity index (χ1n) is 9.45. The lowest BCUT2D eigenvalue weighted by molar-refractivity contribution is 0.0298. The number of hydrogen-bond donors (Lipinski definition) is 0. The highest BCUT2D eigenvalue weighted by molar-refractivity contribution is 5.98. The Balaban J connectivity index is 1.65. The first kappa shape index (κ1) is 19.3. The smallest absolute Gasteiger partial charge is 0.218 e. The fraction of sp³-hybridized carbons (Fsp3) is 0.304. The van der Waals surface area contributed by atoms with E-state index in [4.69, 9.17) is 14.5 Å². The second kappa shape index (κ2) is 7.10.